The van der Waals surface area contributed by atoms with Crippen molar-refractivity contribution in [2.45, 2.75) is 26.4 Å². The Hall–Kier alpha value is -3.02. The van der Waals surface area contributed by atoms with Gasteiger partial charge in [-0.15, -0.1) is 0 Å². The van der Waals surface area contributed by atoms with Crippen molar-refractivity contribution in [1.29, 1.82) is 0 Å². The van der Waals surface area contributed by atoms with Crippen LogP contribution in [0.2, 0.25) is 0 Å². The normalized spacial score (nSPS) is 11.7. The lowest BCUT2D eigenvalue weighted by molar-refractivity contribution is 0.0925. The Morgan fingerprint density at radius 2 is 1.65 bits per heavy atom. The summed E-state index contributed by atoms with van der Waals surface area (Å²) in [4.78, 5) is 23.4. The predicted molar refractivity (Wildman–Crippen MR) is 101 cm³/mol. The summed E-state index contributed by atoms with van der Waals surface area (Å²) < 4.78 is 5.18. The molecule has 3 amide bonds. The maximum absolute atomic E-state index is 12.6. The number of ether oxygens (including phenoxy) is 1. The van der Waals surface area contributed by atoms with Crippen LogP contribution < -0.4 is 21.1 Å². The molecule has 0 aromatic heterocycles. The van der Waals surface area contributed by atoms with Gasteiger partial charge in [-0.05, 0) is 41.3 Å². The molecule has 0 spiro atoms. The maximum atomic E-state index is 12.6. The summed E-state index contributed by atoms with van der Waals surface area (Å²) in [6, 6.07) is 14.1. The standard InChI is InChI=1S/C20H25N3O3/c1-13(2)18(15-8-10-17(26-3)11-9-15)23-19(24)16-6-4-14(5-7-16)12-22-20(21)25/h4-11,13,18H,12H2,1-3H3,(H,23,24)(H3,21,22,25)/t18-/m1/s1. The number of carbonyl (C=O) groups is 2. The summed E-state index contributed by atoms with van der Waals surface area (Å²) in [6.07, 6.45) is 0. The summed E-state index contributed by atoms with van der Waals surface area (Å²) in [7, 11) is 1.62. The number of nitrogens with one attached hydrogen (secondary N) is 2. The second kappa shape index (κ2) is 8.89. The molecule has 4 N–H and O–H groups in total. The van der Waals surface area contributed by atoms with Gasteiger partial charge in [0.25, 0.3) is 5.91 Å². The molecule has 138 valence electrons. The molecule has 2 aromatic carbocycles. The van der Waals surface area contributed by atoms with Crippen LogP contribution in [0, 0.1) is 5.92 Å². The van der Waals surface area contributed by atoms with E-state index in [1.807, 2.05) is 24.3 Å². The number of primary amides is 1. The highest BCUT2D eigenvalue weighted by atomic mass is 16.5. The molecule has 2 aromatic rings. The maximum Gasteiger partial charge on any atom is 0.312 e. The van der Waals surface area contributed by atoms with Crippen LogP contribution in [0.5, 0.6) is 5.75 Å². The molecule has 0 unspecified atom stereocenters. The first-order chi connectivity index (χ1) is 12.4. The van der Waals surface area contributed by atoms with Crippen LogP contribution in [0.4, 0.5) is 4.79 Å². The van der Waals surface area contributed by atoms with E-state index in [1.54, 1.807) is 31.4 Å². The van der Waals surface area contributed by atoms with E-state index < -0.39 is 6.03 Å². The molecule has 0 aliphatic carbocycles. The zero-order valence-electron chi connectivity index (χ0n) is 15.3. The van der Waals surface area contributed by atoms with E-state index >= 15 is 0 Å². The number of hydrogen-bond donors (Lipinski definition) is 3. The van der Waals surface area contributed by atoms with Gasteiger partial charge >= 0.3 is 6.03 Å². The van der Waals surface area contributed by atoms with Gasteiger partial charge in [0.05, 0.1) is 13.2 Å². The van der Waals surface area contributed by atoms with Gasteiger partial charge in [0.1, 0.15) is 5.75 Å². The summed E-state index contributed by atoms with van der Waals surface area (Å²) in [6.45, 7) is 4.46. The van der Waals surface area contributed by atoms with E-state index in [9.17, 15) is 9.59 Å². The van der Waals surface area contributed by atoms with Crippen molar-refractivity contribution in [1.82, 2.24) is 10.6 Å². The van der Waals surface area contributed by atoms with E-state index in [-0.39, 0.29) is 17.9 Å². The molecular formula is C20H25N3O3. The lowest BCUT2D eigenvalue weighted by atomic mass is 9.95. The average Bonchev–Trinajstić information content (AvgIpc) is 2.64. The third kappa shape index (κ3) is 5.24. The molecule has 26 heavy (non-hydrogen) atoms. The largest absolute Gasteiger partial charge is 0.497 e. The van der Waals surface area contributed by atoms with Gasteiger partial charge in [-0.25, -0.2) is 4.79 Å². The molecule has 0 aliphatic heterocycles. The molecule has 6 heteroatoms. The molecular weight excluding hydrogens is 330 g/mol. The number of urea groups is 1. The van der Waals surface area contributed by atoms with Crippen LogP contribution >= 0.6 is 0 Å². The second-order valence-corrected chi connectivity index (χ2v) is 6.38. The Morgan fingerprint density at radius 1 is 1.04 bits per heavy atom. The molecule has 1 atom stereocenters. The van der Waals surface area contributed by atoms with Crippen molar-refractivity contribution in [3.8, 4) is 5.75 Å². The number of benzene rings is 2. The summed E-state index contributed by atoms with van der Waals surface area (Å²) in [5.41, 5.74) is 7.51. The first kappa shape index (κ1) is 19.3. The van der Waals surface area contributed by atoms with E-state index in [1.165, 1.54) is 0 Å². The van der Waals surface area contributed by atoms with Gasteiger partial charge in [-0.1, -0.05) is 38.1 Å². The minimum Gasteiger partial charge on any atom is -0.497 e. The summed E-state index contributed by atoms with van der Waals surface area (Å²) >= 11 is 0. The molecule has 2 rings (SSSR count). The zero-order valence-corrected chi connectivity index (χ0v) is 15.3. The minimum absolute atomic E-state index is 0.107. The molecule has 0 saturated carbocycles. The van der Waals surface area contributed by atoms with E-state index in [0.29, 0.717) is 12.1 Å². The van der Waals surface area contributed by atoms with Crippen molar-refractivity contribution in [3.63, 3.8) is 0 Å². The third-order valence-corrected chi connectivity index (χ3v) is 4.11. The summed E-state index contributed by atoms with van der Waals surface area (Å²) in [5, 5.41) is 5.60. The number of hydrogen-bond acceptors (Lipinski definition) is 3. The van der Waals surface area contributed by atoms with Gasteiger partial charge in [0, 0.05) is 12.1 Å². The van der Waals surface area contributed by atoms with E-state index in [2.05, 4.69) is 24.5 Å². The van der Waals surface area contributed by atoms with Gasteiger partial charge in [0.15, 0.2) is 0 Å². The Morgan fingerprint density at radius 3 is 2.15 bits per heavy atom. The van der Waals surface area contributed by atoms with Crippen LogP contribution in [0.3, 0.4) is 0 Å². The van der Waals surface area contributed by atoms with Crippen LogP contribution in [0.1, 0.15) is 41.4 Å². The van der Waals surface area contributed by atoms with Crippen molar-refractivity contribution in [2.75, 3.05) is 7.11 Å². The highest BCUT2D eigenvalue weighted by molar-refractivity contribution is 5.94. The van der Waals surface area contributed by atoms with Crippen molar-refractivity contribution in [3.05, 3.63) is 65.2 Å². The zero-order chi connectivity index (χ0) is 19.1. The Bertz CT molecular complexity index is 740. The van der Waals surface area contributed by atoms with Gasteiger partial charge < -0.3 is 21.1 Å². The first-order valence-electron chi connectivity index (χ1n) is 8.47. The molecule has 0 saturated heterocycles. The fourth-order valence-corrected chi connectivity index (χ4v) is 2.63. The monoisotopic (exact) mass is 355 g/mol. The third-order valence-electron chi connectivity index (χ3n) is 4.11. The van der Waals surface area contributed by atoms with E-state index in [4.69, 9.17) is 10.5 Å². The number of methoxy groups -OCH3 is 1. The quantitative estimate of drug-likeness (QED) is 0.713. The molecule has 6 nitrogen and oxygen atoms in total. The second-order valence-electron chi connectivity index (χ2n) is 6.38. The minimum atomic E-state index is -0.578. The van der Waals surface area contributed by atoms with E-state index in [0.717, 1.165) is 16.9 Å². The number of carbonyl (C=O) groups excluding carboxylic acids is 2. The number of nitrogens with two attached hydrogens (primary N) is 1. The SMILES string of the molecule is COc1ccc([C@H](NC(=O)c2ccc(CNC(N)=O)cc2)C(C)C)cc1. The van der Waals surface area contributed by atoms with Gasteiger partial charge in [0.2, 0.25) is 0 Å². The van der Waals surface area contributed by atoms with Crippen LogP contribution in [-0.4, -0.2) is 19.0 Å². The van der Waals surface area contributed by atoms with Gasteiger partial charge in [-0.3, -0.25) is 4.79 Å². The fourth-order valence-electron chi connectivity index (χ4n) is 2.63. The van der Waals surface area contributed by atoms with Gasteiger partial charge in [-0.2, -0.15) is 0 Å². The van der Waals surface area contributed by atoms with Crippen LogP contribution in [-0.2, 0) is 6.54 Å². The molecule has 0 radical (unpaired) electrons. The molecule has 0 heterocycles. The fraction of sp³-hybridized carbons (Fsp3) is 0.300. The Kier molecular flexibility index (Phi) is 6.60. The summed E-state index contributed by atoms with van der Waals surface area (Å²) in [5.74, 6) is 0.864. The molecule has 0 aliphatic rings. The molecule has 0 bridgehead atoms. The lowest BCUT2D eigenvalue weighted by Gasteiger charge is -2.23. The lowest BCUT2D eigenvalue weighted by Crippen LogP contribution is -2.31. The number of rotatable bonds is 7. The predicted octanol–water partition coefficient (Wildman–Crippen LogP) is 2.99. The highest BCUT2D eigenvalue weighted by Crippen LogP contribution is 2.24. The topological polar surface area (TPSA) is 93.4 Å². The van der Waals surface area contributed by atoms with Crippen molar-refractivity contribution < 1.29 is 14.3 Å². The average molecular weight is 355 g/mol. The Labute approximate surface area is 153 Å². The number of amides is 3. The van der Waals surface area contributed by atoms with Crippen LogP contribution in [0.25, 0.3) is 0 Å². The smallest absolute Gasteiger partial charge is 0.312 e. The first-order valence-corrected chi connectivity index (χ1v) is 8.47. The Balaban J connectivity index is 2.08. The van der Waals surface area contributed by atoms with Crippen molar-refractivity contribution >= 4 is 11.9 Å². The van der Waals surface area contributed by atoms with Crippen LogP contribution in [0.15, 0.2) is 48.5 Å². The molecule has 0 fully saturated rings. The highest BCUT2D eigenvalue weighted by Gasteiger charge is 2.19. The van der Waals surface area contributed by atoms with Crippen molar-refractivity contribution in [2.24, 2.45) is 11.7 Å².